The Morgan fingerprint density at radius 2 is 1.96 bits per heavy atom. The fraction of sp³-hybridized carbons (Fsp3) is 0.312. The van der Waals surface area contributed by atoms with Gasteiger partial charge in [0, 0.05) is 21.2 Å². The Morgan fingerprint density at radius 1 is 1.30 bits per heavy atom. The second-order valence-electron chi connectivity index (χ2n) is 5.23. The molecule has 0 bridgehead atoms. The minimum absolute atomic E-state index is 0.123. The van der Waals surface area contributed by atoms with Crippen LogP contribution in [0.25, 0.3) is 0 Å². The van der Waals surface area contributed by atoms with Gasteiger partial charge in [0.2, 0.25) is 5.91 Å². The molecule has 0 aliphatic heterocycles. The maximum atomic E-state index is 12.5. The smallest absolute Gasteiger partial charge is 0.351 e. The molecule has 2 rings (SSSR count). The lowest BCUT2D eigenvalue weighted by molar-refractivity contribution is -0.137. The number of hydrogen-bond acceptors (Lipinski definition) is 2. The summed E-state index contributed by atoms with van der Waals surface area (Å²) in [6.07, 6.45) is -4.11. The molecule has 0 radical (unpaired) electrons. The van der Waals surface area contributed by atoms with Crippen molar-refractivity contribution in [3.05, 3.63) is 56.2 Å². The van der Waals surface area contributed by atoms with Crippen molar-refractivity contribution in [2.75, 3.05) is 0 Å². The molecule has 0 saturated carbocycles. The summed E-state index contributed by atoms with van der Waals surface area (Å²) in [5.74, 6) is -0.269. The van der Waals surface area contributed by atoms with Gasteiger partial charge in [0.15, 0.2) is 0 Å². The zero-order valence-corrected chi connectivity index (χ0v) is 14.7. The standard InChI is InChI=1S/C16H15BrF3NOS/c1-10(11-2-4-12(5-3-11)16(18,19)20)6-15(22)21-8-14-7-13(17)9-23-14/h2-5,7,9-10H,6,8H2,1H3,(H,21,22). The molecule has 0 aliphatic rings. The second-order valence-corrected chi connectivity index (χ2v) is 7.14. The number of hydrogen-bond donors (Lipinski definition) is 1. The van der Waals surface area contributed by atoms with E-state index in [1.807, 2.05) is 18.4 Å². The molecular weight excluding hydrogens is 391 g/mol. The van der Waals surface area contributed by atoms with Gasteiger partial charge in [0.05, 0.1) is 12.1 Å². The van der Waals surface area contributed by atoms with Crippen LogP contribution in [0.3, 0.4) is 0 Å². The normalized spacial score (nSPS) is 12.9. The maximum absolute atomic E-state index is 12.5. The summed E-state index contributed by atoms with van der Waals surface area (Å²) in [6, 6.07) is 6.89. The summed E-state index contributed by atoms with van der Waals surface area (Å²) in [6.45, 7) is 2.28. The van der Waals surface area contributed by atoms with Crippen molar-refractivity contribution in [2.24, 2.45) is 0 Å². The minimum atomic E-state index is -4.34. The van der Waals surface area contributed by atoms with Crippen LogP contribution in [-0.4, -0.2) is 5.91 Å². The van der Waals surface area contributed by atoms with E-state index in [0.717, 1.165) is 21.5 Å². The monoisotopic (exact) mass is 405 g/mol. The lowest BCUT2D eigenvalue weighted by Gasteiger charge is -2.13. The number of carbonyl (C=O) groups excluding carboxylic acids is 1. The molecule has 1 aromatic heterocycles. The van der Waals surface area contributed by atoms with E-state index in [1.165, 1.54) is 12.1 Å². The average Bonchev–Trinajstić information content (AvgIpc) is 2.90. The molecular formula is C16H15BrF3NOS. The van der Waals surface area contributed by atoms with Crippen molar-refractivity contribution in [2.45, 2.75) is 32.0 Å². The zero-order chi connectivity index (χ0) is 17.0. The number of amides is 1. The summed E-state index contributed by atoms with van der Waals surface area (Å²) in [4.78, 5) is 13.0. The van der Waals surface area contributed by atoms with Gasteiger partial charge in [0.25, 0.3) is 0 Å². The van der Waals surface area contributed by atoms with Crippen LogP contribution in [0.15, 0.2) is 40.2 Å². The van der Waals surface area contributed by atoms with Crippen molar-refractivity contribution < 1.29 is 18.0 Å². The van der Waals surface area contributed by atoms with Crippen molar-refractivity contribution in [3.63, 3.8) is 0 Å². The number of nitrogens with one attached hydrogen (secondary N) is 1. The summed E-state index contributed by atoms with van der Waals surface area (Å²) in [5.41, 5.74) is 0.0354. The van der Waals surface area contributed by atoms with E-state index in [1.54, 1.807) is 11.3 Å². The van der Waals surface area contributed by atoms with Crippen LogP contribution >= 0.6 is 27.3 Å². The van der Waals surface area contributed by atoms with Gasteiger partial charge >= 0.3 is 6.18 Å². The van der Waals surface area contributed by atoms with Gasteiger partial charge in [-0.15, -0.1) is 11.3 Å². The van der Waals surface area contributed by atoms with E-state index in [4.69, 9.17) is 0 Å². The molecule has 1 amide bonds. The Bertz CT molecular complexity index is 667. The molecule has 1 N–H and O–H groups in total. The van der Waals surface area contributed by atoms with E-state index in [2.05, 4.69) is 21.2 Å². The van der Waals surface area contributed by atoms with Crippen LogP contribution < -0.4 is 5.32 Å². The Labute approximate surface area is 144 Å². The van der Waals surface area contributed by atoms with Gasteiger partial charge in [0.1, 0.15) is 0 Å². The van der Waals surface area contributed by atoms with Crippen LogP contribution in [0.2, 0.25) is 0 Å². The van der Waals surface area contributed by atoms with E-state index < -0.39 is 11.7 Å². The van der Waals surface area contributed by atoms with Crippen LogP contribution in [0.5, 0.6) is 0 Å². The number of alkyl halides is 3. The number of benzene rings is 1. The second kappa shape index (κ2) is 7.49. The van der Waals surface area contributed by atoms with E-state index in [-0.39, 0.29) is 18.2 Å². The third kappa shape index (κ3) is 5.35. The van der Waals surface area contributed by atoms with Crippen LogP contribution in [0, 0.1) is 0 Å². The van der Waals surface area contributed by atoms with E-state index in [9.17, 15) is 18.0 Å². The molecule has 1 unspecified atom stereocenters. The van der Waals surface area contributed by atoms with Crippen molar-refractivity contribution in [1.82, 2.24) is 5.32 Å². The molecule has 7 heteroatoms. The summed E-state index contributed by atoms with van der Waals surface area (Å²) in [5, 5.41) is 4.76. The van der Waals surface area contributed by atoms with Crippen LogP contribution in [0.4, 0.5) is 13.2 Å². The molecule has 124 valence electrons. The fourth-order valence-corrected chi connectivity index (χ4v) is 3.49. The van der Waals surface area contributed by atoms with Gasteiger partial charge < -0.3 is 5.32 Å². The molecule has 1 aromatic carbocycles. The van der Waals surface area contributed by atoms with E-state index >= 15 is 0 Å². The molecule has 23 heavy (non-hydrogen) atoms. The number of rotatable bonds is 5. The van der Waals surface area contributed by atoms with Crippen molar-refractivity contribution in [1.29, 1.82) is 0 Å². The quantitative estimate of drug-likeness (QED) is 0.714. The van der Waals surface area contributed by atoms with Gasteiger partial charge in [-0.1, -0.05) is 19.1 Å². The predicted octanol–water partition coefficient (Wildman–Crippen LogP) is 5.34. The van der Waals surface area contributed by atoms with Crippen LogP contribution in [0.1, 0.15) is 35.3 Å². The van der Waals surface area contributed by atoms with Crippen molar-refractivity contribution >= 4 is 33.2 Å². The maximum Gasteiger partial charge on any atom is 0.416 e. The first kappa shape index (κ1) is 18.0. The van der Waals surface area contributed by atoms with Gasteiger partial charge in [-0.25, -0.2) is 0 Å². The van der Waals surface area contributed by atoms with Gasteiger partial charge in [-0.3, -0.25) is 4.79 Å². The first-order chi connectivity index (χ1) is 10.8. The highest BCUT2D eigenvalue weighted by Crippen LogP contribution is 2.30. The SMILES string of the molecule is CC(CC(=O)NCc1cc(Br)cs1)c1ccc(C(F)(F)F)cc1. The molecule has 1 atom stereocenters. The Kier molecular flexibility index (Phi) is 5.86. The third-order valence-corrected chi connectivity index (χ3v) is 5.08. The molecule has 0 saturated heterocycles. The molecule has 2 nitrogen and oxygen atoms in total. The summed E-state index contributed by atoms with van der Waals surface area (Å²) < 4.78 is 38.6. The number of halogens is 4. The topological polar surface area (TPSA) is 29.1 Å². The molecule has 1 heterocycles. The van der Waals surface area contributed by atoms with Gasteiger partial charge in [-0.2, -0.15) is 13.2 Å². The summed E-state index contributed by atoms with van der Waals surface area (Å²) in [7, 11) is 0. The highest BCUT2D eigenvalue weighted by atomic mass is 79.9. The lowest BCUT2D eigenvalue weighted by Crippen LogP contribution is -2.23. The Balaban J connectivity index is 1.88. The van der Waals surface area contributed by atoms with Gasteiger partial charge in [-0.05, 0) is 45.6 Å². The minimum Gasteiger partial charge on any atom is -0.351 e. The first-order valence-electron chi connectivity index (χ1n) is 6.92. The predicted molar refractivity (Wildman–Crippen MR) is 88.3 cm³/mol. The fourth-order valence-electron chi connectivity index (χ4n) is 2.10. The number of thiophene rings is 1. The summed E-state index contributed by atoms with van der Waals surface area (Å²) >= 11 is 4.89. The Hall–Kier alpha value is -1.34. The molecule has 0 aliphatic carbocycles. The zero-order valence-electron chi connectivity index (χ0n) is 12.3. The molecule has 0 fully saturated rings. The van der Waals surface area contributed by atoms with Crippen LogP contribution in [-0.2, 0) is 17.5 Å². The molecule has 2 aromatic rings. The number of carbonyl (C=O) groups is 1. The highest BCUT2D eigenvalue weighted by molar-refractivity contribution is 9.10. The first-order valence-corrected chi connectivity index (χ1v) is 8.59. The Morgan fingerprint density at radius 3 is 2.48 bits per heavy atom. The van der Waals surface area contributed by atoms with Crippen molar-refractivity contribution in [3.8, 4) is 0 Å². The molecule has 0 spiro atoms. The largest absolute Gasteiger partial charge is 0.416 e. The average molecular weight is 406 g/mol. The lowest BCUT2D eigenvalue weighted by atomic mass is 9.96. The van der Waals surface area contributed by atoms with E-state index in [0.29, 0.717) is 12.1 Å². The third-order valence-electron chi connectivity index (χ3n) is 3.38. The highest BCUT2D eigenvalue weighted by Gasteiger charge is 2.30.